The summed E-state index contributed by atoms with van der Waals surface area (Å²) in [5.74, 6) is 0.291. The number of hydrazone groups is 1. The maximum Gasteiger partial charge on any atom is 0.311 e. The summed E-state index contributed by atoms with van der Waals surface area (Å²) < 4.78 is 30.1. The van der Waals surface area contributed by atoms with Crippen LogP contribution in [0.4, 0.5) is 9.52 Å². The first-order valence-electron chi connectivity index (χ1n) is 9.53. The number of ether oxygens (including phenoxy) is 3. The number of halogens is 1. The van der Waals surface area contributed by atoms with Gasteiger partial charge in [-0.15, -0.1) is 11.3 Å². The summed E-state index contributed by atoms with van der Waals surface area (Å²) in [5, 5.41) is 6.50. The number of rotatable bonds is 10. The zero-order valence-corrected chi connectivity index (χ0v) is 17.9. The highest BCUT2D eigenvalue weighted by atomic mass is 32.1. The van der Waals surface area contributed by atoms with Crippen LogP contribution in [0, 0.1) is 5.82 Å². The van der Waals surface area contributed by atoms with Gasteiger partial charge in [-0.2, -0.15) is 5.10 Å². The lowest BCUT2D eigenvalue weighted by atomic mass is 10.2. The molecule has 0 radical (unpaired) electrons. The molecule has 0 aliphatic heterocycles. The standard InChI is InChI=1S/C22H22FN3O4S/c1-3-29-20(27)11-17-14-31-22(25-17)26-24-12-15-8-6-10-19(28-2)21(15)30-13-16-7-4-5-9-18(16)23/h4-10,12,14H,3,11,13H2,1-2H3,(H,25,26). The van der Waals surface area contributed by atoms with E-state index in [1.165, 1.54) is 24.5 Å². The van der Waals surface area contributed by atoms with Crippen molar-refractivity contribution >= 4 is 28.7 Å². The molecule has 0 bridgehead atoms. The number of carbonyl (C=O) groups is 1. The van der Waals surface area contributed by atoms with Gasteiger partial charge in [0.1, 0.15) is 12.4 Å². The second-order valence-corrected chi connectivity index (χ2v) is 7.11. The lowest BCUT2D eigenvalue weighted by molar-refractivity contribution is -0.142. The summed E-state index contributed by atoms with van der Waals surface area (Å²) in [6.45, 7) is 2.14. The minimum atomic E-state index is -0.336. The van der Waals surface area contributed by atoms with Crippen LogP contribution >= 0.6 is 11.3 Å². The van der Waals surface area contributed by atoms with Gasteiger partial charge >= 0.3 is 5.97 Å². The number of nitrogens with zero attached hydrogens (tertiary/aromatic N) is 2. The molecule has 0 saturated carbocycles. The average Bonchev–Trinajstić information content (AvgIpc) is 3.20. The second-order valence-electron chi connectivity index (χ2n) is 6.25. The third-order valence-electron chi connectivity index (χ3n) is 4.11. The van der Waals surface area contributed by atoms with Crippen molar-refractivity contribution in [2.45, 2.75) is 20.0 Å². The van der Waals surface area contributed by atoms with E-state index < -0.39 is 0 Å². The Morgan fingerprint density at radius 3 is 2.87 bits per heavy atom. The van der Waals surface area contributed by atoms with Crippen molar-refractivity contribution < 1.29 is 23.4 Å². The van der Waals surface area contributed by atoms with Gasteiger partial charge in [-0.05, 0) is 25.1 Å². The van der Waals surface area contributed by atoms with Gasteiger partial charge in [0.15, 0.2) is 11.5 Å². The molecular formula is C22H22FN3O4S. The van der Waals surface area contributed by atoms with E-state index in [1.54, 1.807) is 54.9 Å². The monoisotopic (exact) mass is 443 g/mol. The van der Waals surface area contributed by atoms with E-state index in [9.17, 15) is 9.18 Å². The predicted octanol–water partition coefficient (Wildman–Crippen LogP) is 4.42. The molecule has 7 nitrogen and oxygen atoms in total. The van der Waals surface area contributed by atoms with E-state index in [2.05, 4.69) is 15.5 Å². The highest BCUT2D eigenvalue weighted by molar-refractivity contribution is 7.13. The summed E-state index contributed by atoms with van der Waals surface area (Å²) >= 11 is 1.32. The van der Waals surface area contributed by atoms with Crippen LogP contribution in [0.2, 0.25) is 0 Å². The van der Waals surface area contributed by atoms with Gasteiger partial charge in [0.2, 0.25) is 5.13 Å². The van der Waals surface area contributed by atoms with E-state index >= 15 is 0 Å². The molecule has 0 spiro atoms. The van der Waals surface area contributed by atoms with E-state index in [-0.39, 0.29) is 24.8 Å². The summed E-state index contributed by atoms with van der Waals surface area (Å²) in [6, 6.07) is 11.8. The van der Waals surface area contributed by atoms with Crippen LogP contribution in [0.15, 0.2) is 52.9 Å². The zero-order valence-electron chi connectivity index (χ0n) is 17.1. The Bertz CT molecular complexity index is 1050. The molecule has 1 N–H and O–H groups in total. The maximum absolute atomic E-state index is 13.9. The molecule has 0 fully saturated rings. The molecule has 0 atom stereocenters. The van der Waals surface area contributed by atoms with Crippen molar-refractivity contribution in [1.29, 1.82) is 0 Å². The molecule has 1 heterocycles. The fourth-order valence-corrected chi connectivity index (χ4v) is 3.33. The Morgan fingerprint density at radius 2 is 2.10 bits per heavy atom. The van der Waals surface area contributed by atoms with Gasteiger partial charge in [-0.3, -0.25) is 10.2 Å². The third-order valence-corrected chi connectivity index (χ3v) is 4.90. The molecule has 0 saturated heterocycles. The normalized spacial score (nSPS) is 10.8. The summed E-state index contributed by atoms with van der Waals surface area (Å²) in [7, 11) is 1.53. The van der Waals surface area contributed by atoms with Crippen LogP contribution in [0.1, 0.15) is 23.7 Å². The number of nitrogens with one attached hydrogen (secondary N) is 1. The molecule has 0 amide bonds. The summed E-state index contributed by atoms with van der Waals surface area (Å²) in [5.41, 5.74) is 4.52. The minimum Gasteiger partial charge on any atom is -0.493 e. The lowest BCUT2D eigenvalue weighted by Gasteiger charge is -2.13. The SMILES string of the molecule is CCOC(=O)Cc1csc(NN=Cc2cccc(OC)c2OCc2ccccc2F)n1. The summed E-state index contributed by atoms with van der Waals surface area (Å²) in [4.78, 5) is 15.8. The fraction of sp³-hybridized carbons (Fsp3) is 0.227. The molecule has 3 aromatic rings. The van der Waals surface area contributed by atoms with Crippen LogP contribution in [0.25, 0.3) is 0 Å². The molecular weight excluding hydrogens is 421 g/mol. The number of carbonyl (C=O) groups excluding carboxylic acids is 1. The highest BCUT2D eigenvalue weighted by Crippen LogP contribution is 2.31. The zero-order chi connectivity index (χ0) is 22.1. The largest absolute Gasteiger partial charge is 0.493 e. The van der Waals surface area contributed by atoms with Crippen LogP contribution < -0.4 is 14.9 Å². The number of aromatic nitrogens is 1. The van der Waals surface area contributed by atoms with Crippen molar-refractivity contribution in [2.75, 3.05) is 19.1 Å². The quantitative estimate of drug-likeness (QED) is 0.284. The van der Waals surface area contributed by atoms with Crippen LogP contribution in [0.3, 0.4) is 0 Å². The first-order chi connectivity index (χ1) is 15.1. The van der Waals surface area contributed by atoms with Crippen molar-refractivity contribution in [3.8, 4) is 11.5 Å². The lowest BCUT2D eigenvalue weighted by Crippen LogP contribution is -2.07. The number of hydrogen-bond acceptors (Lipinski definition) is 8. The van der Waals surface area contributed by atoms with Crippen molar-refractivity contribution in [3.63, 3.8) is 0 Å². The maximum atomic E-state index is 13.9. The highest BCUT2D eigenvalue weighted by Gasteiger charge is 2.12. The number of anilines is 1. The van der Waals surface area contributed by atoms with Crippen molar-refractivity contribution in [2.24, 2.45) is 5.10 Å². The third kappa shape index (κ3) is 6.26. The van der Waals surface area contributed by atoms with Gasteiger partial charge in [0, 0.05) is 16.5 Å². The van der Waals surface area contributed by atoms with Gasteiger partial charge in [-0.1, -0.05) is 24.3 Å². The number of para-hydroxylation sites is 1. The van der Waals surface area contributed by atoms with Crippen LogP contribution in [0.5, 0.6) is 11.5 Å². The van der Waals surface area contributed by atoms with Gasteiger partial charge in [-0.25, -0.2) is 9.37 Å². The molecule has 0 aliphatic rings. The first-order valence-corrected chi connectivity index (χ1v) is 10.4. The van der Waals surface area contributed by atoms with Gasteiger partial charge in [0.25, 0.3) is 0 Å². The fourth-order valence-electron chi connectivity index (χ4n) is 2.67. The number of benzene rings is 2. The van der Waals surface area contributed by atoms with Crippen molar-refractivity contribution in [3.05, 3.63) is 70.5 Å². The Morgan fingerprint density at radius 1 is 1.26 bits per heavy atom. The number of methoxy groups -OCH3 is 1. The number of esters is 1. The molecule has 9 heteroatoms. The van der Waals surface area contributed by atoms with Crippen LogP contribution in [-0.4, -0.2) is 30.9 Å². The Labute approximate surface area is 183 Å². The average molecular weight is 444 g/mol. The van der Waals surface area contributed by atoms with Crippen molar-refractivity contribution in [1.82, 2.24) is 4.98 Å². The first kappa shape index (κ1) is 22.2. The Kier molecular flexibility index (Phi) is 7.94. The number of hydrogen-bond donors (Lipinski definition) is 1. The number of thiazole rings is 1. The molecule has 3 rings (SSSR count). The van der Waals surface area contributed by atoms with E-state index in [0.29, 0.717) is 40.1 Å². The van der Waals surface area contributed by atoms with E-state index in [0.717, 1.165) is 0 Å². The van der Waals surface area contributed by atoms with Gasteiger partial charge in [0.05, 0.1) is 32.0 Å². The molecule has 31 heavy (non-hydrogen) atoms. The minimum absolute atomic E-state index is 0.0466. The second kappa shape index (κ2) is 11.1. The predicted molar refractivity (Wildman–Crippen MR) is 117 cm³/mol. The Hall–Kier alpha value is -3.46. The Balaban J connectivity index is 1.68. The van der Waals surface area contributed by atoms with Crippen LogP contribution in [-0.2, 0) is 22.6 Å². The van der Waals surface area contributed by atoms with E-state index in [4.69, 9.17) is 14.2 Å². The van der Waals surface area contributed by atoms with Gasteiger partial charge < -0.3 is 14.2 Å². The topological polar surface area (TPSA) is 82.0 Å². The molecule has 0 unspecified atom stereocenters. The summed E-state index contributed by atoms with van der Waals surface area (Å²) in [6.07, 6.45) is 1.67. The molecule has 162 valence electrons. The molecule has 1 aromatic heterocycles. The van der Waals surface area contributed by atoms with E-state index in [1.807, 2.05) is 0 Å². The smallest absolute Gasteiger partial charge is 0.311 e. The molecule has 2 aromatic carbocycles. The molecule has 0 aliphatic carbocycles.